The fraction of sp³-hybridized carbons (Fsp3) is 0.440. The zero-order valence-electron chi connectivity index (χ0n) is 18.8. The number of fused-ring (bicyclic) bond motifs is 1. The Morgan fingerprint density at radius 1 is 1.09 bits per heavy atom. The summed E-state index contributed by atoms with van der Waals surface area (Å²) in [6.07, 6.45) is 2.96. The van der Waals surface area contributed by atoms with Crippen LogP contribution in [0.25, 0.3) is 0 Å². The number of piperidine rings is 1. The van der Waals surface area contributed by atoms with Crippen molar-refractivity contribution in [1.29, 1.82) is 0 Å². The molecule has 2 aromatic carbocycles. The standard InChI is InChI=1S/C25H33N5O2/c1-2-26-25(28-20-13-17-29(18-14-20)21-9-4-3-5-10-21)27-15-8-16-30-22-11-6-7-12-23(22)32-19-24(30)31/h3-7,9-12,20H,2,8,13-19H2,1H3,(H2,26,27,28). The monoisotopic (exact) mass is 435 g/mol. The van der Waals surface area contributed by atoms with Gasteiger partial charge in [0.05, 0.1) is 5.69 Å². The first-order chi connectivity index (χ1) is 15.7. The van der Waals surface area contributed by atoms with E-state index in [9.17, 15) is 4.79 Å². The van der Waals surface area contributed by atoms with Crippen LogP contribution in [0.1, 0.15) is 26.2 Å². The molecular formula is C25H33N5O2. The lowest BCUT2D eigenvalue weighted by atomic mass is 10.0. The third-order valence-electron chi connectivity index (χ3n) is 5.92. The van der Waals surface area contributed by atoms with Crippen molar-refractivity contribution < 1.29 is 9.53 Å². The van der Waals surface area contributed by atoms with Crippen LogP contribution >= 0.6 is 0 Å². The highest BCUT2D eigenvalue weighted by Crippen LogP contribution is 2.31. The molecule has 0 spiro atoms. The lowest BCUT2D eigenvalue weighted by Crippen LogP contribution is -2.48. The number of amides is 1. The van der Waals surface area contributed by atoms with Crippen LogP contribution in [0.2, 0.25) is 0 Å². The Morgan fingerprint density at radius 2 is 1.84 bits per heavy atom. The lowest BCUT2D eigenvalue weighted by Gasteiger charge is -2.34. The van der Waals surface area contributed by atoms with Gasteiger partial charge >= 0.3 is 0 Å². The Bertz CT molecular complexity index is 910. The highest BCUT2D eigenvalue weighted by Gasteiger charge is 2.24. The second kappa shape index (κ2) is 10.9. The van der Waals surface area contributed by atoms with Crippen LogP contribution in [0.15, 0.2) is 59.6 Å². The van der Waals surface area contributed by atoms with E-state index in [0.29, 0.717) is 19.1 Å². The number of carbonyl (C=O) groups excluding carboxylic acids is 1. The van der Waals surface area contributed by atoms with Crippen LogP contribution in [-0.4, -0.2) is 57.2 Å². The number of anilines is 2. The van der Waals surface area contributed by atoms with E-state index in [1.54, 1.807) is 0 Å². The van der Waals surface area contributed by atoms with Gasteiger partial charge in [0.2, 0.25) is 0 Å². The SMILES string of the molecule is CCNC(=NCCCN1C(=O)COc2ccccc21)NC1CCN(c2ccccc2)CC1. The smallest absolute Gasteiger partial charge is 0.265 e. The van der Waals surface area contributed by atoms with Gasteiger partial charge in [-0.05, 0) is 50.5 Å². The van der Waals surface area contributed by atoms with Crippen LogP contribution in [0.3, 0.4) is 0 Å². The molecule has 170 valence electrons. The molecule has 0 radical (unpaired) electrons. The molecule has 0 atom stereocenters. The quantitative estimate of drug-likeness (QED) is 0.398. The number of aliphatic imine (C=N–C) groups is 1. The van der Waals surface area contributed by atoms with E-state index in [1.165, 1.54) is 5.69 Å². The first kappa shape index (κ1) is 22.0. The molecule has 2 N–H and O–H groups in total. The Hall–Kier alpha value is -3.22. The van der Waals surface area contributed by atoms with Crippen molar-refractivity contribution in [2.24, 2.45) is 4.99 Å². The fourth-order valence-electron chi connectivity index (χ4n) is 4.25. The molecular weight excluding hydrogens is 402 g/mol. The summed E-state index contributed by atoms with van der Waals surface area (Å²) in [6.45, 7) is 6.39. The van der Waals surface area contributed by atoms with Crippen molar-refractivity contribution in [3.05, 3.63) is 54.6 Å². The minimum atomic E-state index is 0.00267. The maximum Gasteiger partial charge on any atom is 0.265 e. The molecule has 7 heteroatoms. The summed E-state index contributed by atoms with van der Waals surface area (Å²) in [6, 6.07) is 18.7. The molecule has 0 aliphatic carbocycles. The van der Waals surface area contributed by atoms with Crippen molar-refractivity contribution in [3.63, 3.8) is 0 Å². The Morgan fingerprint density at radius 3 is 2.62 bits per heavy atom. The normalized spacial score (nSPS) is 17.0. The molecule has 4 rings (SSSR count). The average Bonchev–Trinajstić information content (AvgIpc) is 2.84. The van der Waals surface area contributed by atoms with E-state index in [2.05, 4.69) is 52.8 Å². The summed E-state index contributed by atoms with van der Waals surface area (Å²) in [4.78, 5) is 21.3. The fourth-order valence-corrected chi connectivity index (χ4v) is 4.25. The zero-order valence-corrected chi connectivity index (χ0v) is 18.8. The molecule has 7 nitrogen and oxygen atoms in total. The molecule has 0 aromatic heterocycles. The summed E-state index contributed by atoms with van der Waals surface area (Å²) >= 11 is 0. The summed E-state index contributed by atoms with van der Waals surface area (Å²) < 4.78 is 5.52. The first-order valence-corrected chi connectivity index (χ1v) is 11.6. The highest BCUT2D eigenvalue weighted by molar-refractivity contribution is 5.97. The molecule has 1 saturated heterocycles. The van der Waals surface area contributed by atoms with E-state index in [4.69, 9.17) is 9.73 Å². The first-order valence-electron chi connectivity index (χ1n) is 11.6. The molecule has 2 aliphatic rings. The third-order valence-corrected chi connectivity index (χ3v) is 5.92. The van der Waals surface area contributed by atoms with Gasteiger partial charge in [0.15, 0.2) is 12.6 Å². The number of hydrogen-bond donors (Lipinski definition) is 2. The molecule has 0 unspecified atom stereocenters. The van der Waals surface area contributed by atoms with Gasteiger partial charge in [-0.25, -0.2) is 0 Å². The minimum absolute atomic E-state index is 0.00267. The maximum atomic E-state index is 12.3. The predicted molar refractivity (Wildman–Crippen MR) is 130 cm³/mol. The number of para-hydroxylation sites is 3. The van der Waals surface area contributed by atoms with Gasteiger partial charge in [0, 0.05) is 44.5 Å². The van der Waals surface area contributed by atoms with E-state index < -0.39 is 0 Å². The van der Waals surface area contributed by atoms with Crippen molar-refractivity contribution >= 4 is 23.2 Å². The Labute approximate surface area is 190 Å². The van der Waals surface area contributed by atoms with Gasteiger partial charge in [-0.3, -0.25) is 9.79 Å². The number of nitrogens with zero attached hydrogens (tertiary/aromatic N) is 3. The third kappa shape index (κ3) is 5.52. The second-order valence-electron chi connectivity index (χ2n) is 8.16. The number of benzene rings is 2. The second-order valence-corrected chi connectivity index (χ2v) is 8.16. The van der Waals surface area contributed by atoms with Crippen LogP contribution in [0.5, 0.6) is 5.75 Å². The number of carbonyl (C=O) groups is 1. The summed E-state index contributed by atoms with van der Waals surface area (Å²) in [5.41, 5.74) is 2.15. The van der Waals surface area contributed by atoms with Crippen LogP contribution < -0.4 is 25.2 Å². The van der Waals surface area contributed by atoms with Crippen LogP contribution in [-0.2, 0) is 4.79 Å². The van der Waals surface area contributed by atoms with E-state index >= 15 is 0 Å². The molecule has 0 saturated carbocycles. The van der Waals surface area contributed by atoms with E-state index in [1.807, 2.05) is 29.2 Å². The van der Waals surface area contributed by atoms with Gasteiger partial charge in [0.1, 0.15) is 5.75 Å². The van der Waals surface area contributed by atoms with Crippen molar-refractivity contribution in [2.45, 2.75) is 32.2 Å². The van der Waals surface area contributed by atoms with Gasteiger partial charge in [-0.15, -0.1) is 0 Å². The van der Waals surface area contributed by atoms with Crippen LogP contribution in [0, 0.1) is 0 Å². The van der Waals surface area contributed by atoms with Gasteiger partial charge < -0.3 is 25.2 Å². The molecule has 0 bridgehead atoms. The summed E-state index contributed by atoms with van der Waals surface area (Å²) in [7, 11) is 0. The molecule has 2 heterocycles. The minimum Gasteiger partial charge on any atom is -0.482 e. The van der Waals surface area contributed by atoms with Gasteiger partial charge in [-0.2, -0.15) is 0 Å². The number of rotatable bonds is 7. The largest absolute Gasteiger partial charge is 0.482 e. The predicted octanol–water partition coefficient (Wildman–Crippen LogP) is 3.03. The van der Waals surface area contributed by atoms with Gasteiger partial charge in [0.25, 0.3) is 5.91 Å². The summed E-state index contributed by atoms with van der Waals surface area (Å²) in [5, 5.41) is 6.96. The number of hydrogen-bond acceptors (Lipinski definition) is 4. The highest BCUT2D eigenvalue weighted by atomic mass is 16.5. The molecule has 2 aliphatic heterocycles. The molecule has 32 heavy (non-hydrogen) atoms. The average molecular weight is 436 g/mol. The Kier molecular flexibility index (Phi) is 7.48. The summed E-state index contributed by atoms with van der Waals surface area (Å²) in [5.74, 6) is 1.63. The van der Waals surface area contributed by atoms with Crippen molar-refractivity contribution in [3.8, 4) is 5.75 Å². The van der Waals surface area contributed by atoms with Gasteiger partial charge in [-0.1, -0.05) is 30.3 Å². The number of nitrogens with one attached hydrogen (secondary N) is 2. The number of guanidine groups is 1. The zero-order chi connectivity index (χ0) is 22.2. The van der Waals surface area contributed by atoms with E-state index in [0.717, 1.165) is 56.3 Å². The molecule has 2 aromatic rings. The van der Waals surface area contributed by atoms with E-state index in [-0.39, 0.29) is 12.5 Å². The molecule has 1 amide bonds. The van der Waals surface area contributed by atoms with Crippen molar-refractivity contribution in [2.75, 3.05) is 49.1 Å². The lowest BCUT2D eigenvalue weighted by molar-refractivity contribution is -0.121. The molecule has 1 fully saturated rings. The topological polar surface area (TPSA) is 69.2 Å². The maximum absolute atomic E-state index is 12.3. The van der Waals surface area contributed by atoms with Crippen LogP contribution in [0.4, 0.5) is 11.4 Å². The number of ether oxygens (including phenoxy) is 1. The Balaban J connectivity index is 1.26. The van der Waals surface area contributed by atoms with Crippen molar-refractivity contribution in [1.82, 2.24) is 10.6 Å².